The Kier molecular flexibility index (Phi) is 53.2. The van der Waals surface area contributed by atoms with Crippen molar-refractivity contribution in [2.45, 2.75) is 26.2 Å². The van der Waals surface area contributed by atoms with Gasteiger partial charge in [0.25, 0.3) is 0 Å². The van der Waals surface area contributed by atoms with Crippen molar-refractivity contribution >= 4 is 35.5 Å². The molecule has 0 aliphatic carbocycles. The number of nitrogens with one attached hydrogen (secondary N) is 1. The Morgan fingerprint density at radius 2 is 1.46 bits per heavy atom. The van der Waals surface area contributed by atoms with Crippen LogP contribution in [0, 0.1) is 6.92 Å². The summed E-state index contributed by atoms with van der Waals surface area (Å²) in [5.41, 5.74) is 0. The van der Waals surface area contributed by atoms with Gasteiger partial charge in [0.05, 0.1) is 0 Å². The molecule has 1 heterocycles. The summed E-state index contributed by atoms with van der Waals surface area (Å²) >= 11 is 0. The summed E-state index contributed by atoms with van der Waals surface area (Å²) < 4.78 is 4.94. The van der Waals surface area contributed by atoms with Crippen LogP contribution in [-0.4, -0.2) is 50.4 Å². The first-order valence-corrected chi connectivity index (χ1v) is 4.28. The van der Waals surface area contributed by atoms with Crippen LogP contribution in [-0.2, 0) is 4.74 Å². The summed E-state index contributed by atoms with van der Waals surface area (Å²) in [6.45, 7) is 7.50. The summed E-state index contributed by atoms with van der Waals surface area (Å²) in [5.74, 6) is 0. The first-order chi connectivity index (χ1) is 5.33. The third-order valence-corrected chi connectivity index (χ3v) is 0.827. The van der Waals surface area contributed by atoms with Gasteiger partial charge in [-0.15, -0.1) is 12.4 Å². The van der Waals surface area contributed by atoms with Gasteiger partial charge in [-0.2, -0.15) is 6.42 Å². The Bertz CT molecular complexity index is 45.3. The van der Waals surface area contributed by atoms with E-state index in [1.54, 1.807) is 0 Å². The molecular formula is C9H23ClMgNO+. The molecule has 78 valence electrons. The molecule has 1 aliphatic rings. The minimum atomic E-state index is 0. The monoisotopic (exact) mass is 220 g/mol. The van der Waals surface area contributed by atoms with Crippen LogP contribution in [0.5, 0.6) is 0 Å². The van der Waals surface area contributed by atoms with Gasteiger partial charge >= 0.3 is 23.1 Å². The molecule has 0 bridgehead atoms. The number of ether oxygens (including phenoxy) is 1. The van der Waals surface area contributed by atoms with Crippen LogP contribution in [0.4, 0.5) is 0 Å². The average Bonchev–Trinajstić information content (AvgIpc) is 2.44. The molecule has 4 heteroatoms. The van der Waals surface area contributed by atoms with Crippen LogP contribution in [0.2, 0.25) is 0 Å². The zero-order chi connectivity index (χ0) is 8.95. The number of hydrogen-bond donors (Lipinski definition) is 1. The summed E-state index contributed by atoms with van der Waals surface area (Å²) in [6, 6.07) is 0. The van der Waals surface area contributed by atoms with E-state index < -0.39 is 0 Å². The Labute approximate surface area is 106 Å². The van der Waals surface area contributed by atoms with Gasteiger partial charge in [-0.3, -0.25) is 0 Å². The van der Waals surface area contributed by atoms with Crippen molar-refractivity contribution in [1.82, 2.24) is 5.32 Å². The Hall–Kier alpha value is 0.976. The summed E-state index contributed by atoms with van der Waals surface area (Å²) in [4.78, 5) is 0. The minimum absolute atomic E-state index is 0. The predicted octanol–water partition coefficient (Wildman–Crippen LogP) is 1.90. The van der Waals surface area contributed by atoms with Crippen molar-refractivity contribution in [3.8, 4) is 0 Å². The topological polar surface area (TPSA) is 21.3 Å². The smallest absolute Gasteiger partial charge is 0.381 e. The molecule has 0 atom stereocenters. The minimum Gasteiger partial charge on any atom is -0.381 e. The molecule has 0 unspecified atom stereocenters. The van der Waals surface area contributed by atoms with E-state index in [-0.39, 0.29) is 35.5 Å². The molecule has 0 radical (unpaired) electrons. The van der Waals surface area contributed by atoms with E-state index in [9.17, 15) is 0 Å². The standard InChI is InChI=1S/C4H8O.C3H7.C2H7N.ClH.Mg/c1-2-4-5-3-1;2*1-3-2;;/h1-4H2;1,3H2,2H3;3H,1-2H3;1H;/q;-1;;;+2. The van der Waals surface area contributed by atoms with E-state index in [1.807, 2.05) is 21.0 Å². The van der Waals surface area contributed by atoms with Gasteiger partial charge in [-0.25, -0.2) is 0 Å². The maximum atomic E-state index is 4.94. The third-order valence-electron chi connectivity index (χ3n) is 0.827. The molecule has 0 amide bonds. The van der Waals surface area contributed by atoms with Crippen LogP contribution in [0.25, 0.3) is 0 Å². The van der Waals surface area contributed by atoms with Crippen molar-refractivity contribution in [2.24, 2.45) is 0 Å². The maximum Gasteiger partial charge on any atom is 2.00 e. The van der Waals surface area contributed by atoms with Crippen molar-refractivity contribution in [3.63, 3.8) is 0 Å². The van der Waals surface area contributed by atoms with Crippen molar-refractivity contribution in [1.29, 1.82) is 0 Å². The zero-order valence-corrected chi connectivity index (χ0v) is 11.5. The maximum absolute atomic E-state index is 4.94. The fourth-order valence-electron chi connectivity index (χ4n) is 0.510. The molecular weight excluding hydrogens is 198 g/mol. The van der Waals surface area contributed by atoms with Crippen LogP contribution < -0.4 is 5.32 Å². The van der Waals surface area contributed by atoms with Gasteiger partial charge in [0.2, 0.25) is 0 Å². The molecule has 0 aromatic rings. The summed E-state index contributed by atoms with van der Waals surface area (Å²) in [5, 5.41) is 2.75. The fraction of sp³-hybridized carbons (Fsp3) is 0.889. The largest absolute Gasteiger partial charge is 2.00 e. The first kappa shape index (κ1) is 23.6. The van der Waals surface area contributed by atoms with E-state index in [1.165, 1.54) is 12.8 Å². The van der Waals surface area contributed by atoms with Crippen LogP contribution >= 0.6 is 12.4 Å². The molecule has 1 aliphatic heterocycles. The van der Waals surface area contributed by atoms with Crippen LogP contribution in [0.3, 0.4) is 0 Å². The molecule has 2 nitrogen and oxygen atoms in total. The second-order valence-corrected chi connectivity index (χ2v) is 2.32. The van der Waals surface area contributed by atoms with Crippen molar-refractivity contribution in [3.05, 3.63) is 6.92 Å². The fourth-order valence-corrected chi connectivity index (χ4v) is 0.510. The molecule has 1 rings (SSSR count). The second kappa shape index (κ2) is 29.3. The van der Waals surface area contributed by atoms with Gasteiger partial charge in [0, 0.05) is 13.2 Å². The molecule has 1 saturated heterocycles. The van der Waals surface area contributed by atoms with E-state index in [4.69, 9.17) is 4.74 Å². The summed E-state index contributed by atoms with van der Waals surface area (Å²) in [6.07, 6.45) is 3.56. The number of halogens is 1. The van der Waals surface area contributed by atoms with Gasteiger partial charge in [-0.05, 0) is 26.9 Å². The average molecular weight is 221 g/mol. The molecule has 0 aromatic carbocycles. The van der Waals surface area contributed by atoms with Gasteiger partial charge in [-0.1, -0.05) is 6.92 Å². The van der Waals surface area contributed by atoms with Crippen molar-refractivity contribution < 1.29 is 4.74 Å². The Morgan fingerprint density at radius 1 is 1.23 bits per heavy atom. The van der Waals surface area contributed by atoms with Gasteiger partial charge in [0.1, 0.15) is 0 Å². The SMILES string of the molecule is C1CCOC1.CNC.Cl.[CH2-]CC.[Mg+2]. The molecule has 0 aromatic heterocycles. The van der Waals surface area contributed by atoms with Gasteiger partial charge < -0.3 is 17.0 Å². The predicted molar refractivity (Wildman–Crippen MR) is 63.7 cm³/mol. The van der Waals surface area contributed by atoms with Gasteiger partial charge in [0.15, 0.2) is 0 Å². The van der Waals surface area contributed by atoms with Crippen molar-refractivity contribution in [2.75, 3.05) is 27.3 Å². The third kappa shape index (κ3) is 43.8. The van der Waals surface area contributed by atoms with Crippen LogP contribution in [0.15, 0.2) is 0 Å². The Balaban J connectivity index is -0.0000000461. The molecule has 0 spiro atoms. The van der Waals surface area contributed by atoms with E-state index in [0.29, 0.717) is 0 Å². The normalized spacial score (nSPS) is 12.0. The molecule has 13 heavy (non-hydrogen) atoms. The second-order valence-electron chi connectivity index (χ2n) is 2.32. The molecule has 1 fully saturated rings. The number of rotatable bonds is 0. The Morgan fingerprint density at radius 3 is 1.54 bits per heavy atom. The summed E-state index contributed by atoms with van der Waals surface area (Å²) in [7, 11) is 3.75. The van der Waals surface area contributed by atoms with Crippen LogP contribution in [0.1, 0.15) is 26.2 Å². The molecule has 1 N–H and O–H groups in total. The zero-order valence-electron chi connectivity index (χ0n) is 9.27. The molecule has 0 saturated carbocycles. The first-order valence-electron chi connectivity index (χ1n) is 4.28. The number of hydrogen-bond acceptors (Lipinski definition) is 2. The van der Waals surface area contributed by atoms with E-state index >= 15 is 0 Å². The van der Waals surface area contributed by atoms with E-state index in [2.05, 4.69) is 12.2 Å². The van der Waals surface area contributed by atoms with E-state index in [0.717, 1.165) is 19.6 Å². The quantitative estimate of drug-likeness (QED) is 0.498.